The molecule has 0 saturated carbocycles. The smallest absolute Gasteiger partial charge is 0.305 e. The molecule has 2 atom stereocenters. The second-order valence-corrected chi connectivity index (χ2v) is 5.61. The van der Waals surface area contributed by atoms with Crippen LogP contribution in [0, 0.1) is 21.8 Å². The van der Waals surface area contributed by atoms with Crippen LogP contribution in [-0.4, -0.2) is 35.5 Å². The molecule has 0 amide bonds. The molecular formula is C14H18FN3O2. The van der Waals surface area contributed by atoms with E-state index in [0.717, 1.165) is 26.1 Å². The van der Waals surface area contributed by atoms with Gasteiger partial charge in [0.25, 0.3) is 0 Å². The van der Waals surface area contributed by atoms with Crippen LogP contribution in [0.4, 0.5) is 10.1 Å². The Kier molecular flexibility index (Phi) is 3.67. The molecule has 2 fully saturated rings. The second-order valence-electron chi connectivity index (χ2n) is 5.61. The van der Waals surface area contributed by atoms with Crippen molar-refractivity contribution in [1.82, 2.24) is 10.2 Å². The maximum Gasteiger partial charge on any atom is 0.305 e. The van der Waals surface area contributed by atoms with Gasteiger partial charge in [-0.25, -0.2) is 0 Å². The number of piperidine rings is 1. The number of hydrogen-bond acceptors (Lipinski definition) is 4. The average Bonchev–Trinajstić information content (AvgIpc) is 2.90. The Morgan fingerprint density at radius 1 is 1.45 bits per heavy atom. The highest BCUT2D eigenvalue weighted by Crippen LogP contribution is 2.29. The number of halogens is 1. The highest BCUT2D eigenvalue weighted by Gasteiger charge is 2.35. The van der Waals surface area contributed by atoms with E-state index >= 15 is 0 Å². The second kappa shape index (κ2) is 5.46. The first-order valence-corrected chi connectivity index (χ1v) is 7.03. The summed E-state index contributed by atoms with van der Waals surface area (Å²) in [6, 6.07) is 4.86. The molecule has 2 aliphatic rings. The van der Waals surface area contributed by atoms with Crippen LogP contribution in [0.15, 0.2) is 18.2 Å². The van der Waals surface area contributed by atoms with E-state index in [1.807, 2.05) is 0 Å². The predicted molar refractivity (Wildman–Crippen MR) is 72.8 cm³/mol. The molecule has 0 spiro atoms. The molecule has 5 nitrogen and oxygen atoms in total. The van der Waals surface area contributed by atoms with Crippen LogP contribution in [0.25, 0.3) is 0 Å². The van der Waals surface area contributed by atoms with E-state index in [0.29, 0.717) is 24.1 Å². The average molecular weight is 279 g/mol. The largest absolute Gasteiger partial charge is 0.315 e. The minimum Gasteiger partial charge on any atom is -0.315 e. The maximum atomic E-state index is 14.1. The van der Waals surface area contributed by atoms with Crippen LogP contribution in [0.2, 0.25) is 0 Å². The first kappa shape index (κ1) is 13.5. The third kappa shape index (κ3) is 2.41. The highest BCUT2D eigenvalue weighted by atomic mass is 19.1. The first-order chi connectivity index (χ1) is 9.66. The van der Waals surface area contributed by atoms with E-state index in [1.165, 1.54) is 12.5 Å². The lowest BCUT2D eigenvalue weighted by Gasteiger charge is -2.37. The molecule has 1 aromatic rings. The monoisotopic (exact) mass is 279 g/mol. The van der Waals surface area contributed by atoms with Gasteiger partial charge in [0.2, 0.25) is 5.82 Å². The molecule has 20 heavy (non-hydrogen) atoms. The van der Waals surface area contributed by atoms with Gasteiger partial charge in [-0.15, -0.1) is 0 Å². The number of nitro benzene ring substituents is 1. The quantitative estimate of drug-likeness (QED) is 0.678. The third-order valence-corrected chi connectivity index (χ3v) is 4.42. The SMILES string of the molecule is O=[N+]([O-])c1cccc(CN2CCCC3CNCC32)c1F. The topological polar surface area (TPSA) is 58.4 Å². The Bertz CT molecular complexity index is 523. The molecule has 2 heterocycles. The molecule has 1 N–H and O–H groups in total. The number of rotatable bonds is 3. The lowest BCUT2D eigenvalue weighted by Crippen LogP contribution is -2.44. The molecule has 0 aliphatic carbocycles. The minimum absolute atomic E-state index is 0.423. The van der Waals surface area contributed by atoms with E-state index in [2.05, 4.69) is 10.2 Å². The standard InChI is InChI=1S/C14H18FN3O2/c15-14-11(3-1-5-12(14)18(19)20)9-17-6-2-4-10-7-16-8-13(10)17/h1,3,5,10,13,16H,2,4,6-9H2. The molecule has 2 aliphatic heterocycles. The van der Waals surface area contributed by atoms with Crippen LogP contribution in [-0.2, 0) is 6.54 Å². The fourth-order valence-corrected chi connectivity index (χ4v) is 3.41. The normalized spacial score (nSPS) is 26.4. The summed E-state index contributed by atoms with van der Waals surface area (Å²) in [5.41, 5.74) is -0.00708. The van der Waals surface area contributed by atoms with Gasteiger partial charge < -0.3 is 5.32 Å². The Hall–Kier alpha value is -1.53. The van der Waals surface area contributed by atoms with Gasteiger partial charge in [-0.1, -0.05) is 12.1 Å². The molecule has 3 rings (SSSR count). The summed E-state index contributed by atoms with van der Waals surface area (Å²) in [7, 11) is 0. The molecular weight excluding hydrogens is 261 g/mol. The van der Waals surface area contributed by atoms with E-state index in [1.54, 1.807) is 12.1 Å². The fraction of sp³-hybridized carbons (Fsp3) is 0.571. The third-order valence-electron chi connectivity index (χ3n) is 4.42. The van der Waals surface area contributed by atoms with Gasteiger partial charge in [0, 0.05) is 30.8 Å². The van der Waals surface area contributed by atoms with E-state index in [9.17, 15) is 14.5 Å². The Morgan fingerprint density at radius 2 is 2.30 bits per heavy atom. The molecule has 6 heteroatoms. The van der Waals surface area contributed by atoms with Crippen molar-refractivity contribution < 1.29 is 9.31 Å². The molecule has 2 unspecified atom stereocenters. The van der Waals surface area contributed by atoms with Crippen molar-refractivity contribution in [3.05, 3.63) is 39.7 Å². The van der Waals surface area contributed by atoms with Gasteiger partial charge in [-0.3, -0.25) is 15.0 Å². The molecule has 0 radical (unpaired) electrons. The van der Waals surface area contributed by atoms with Crippen molar-refractivity contribution in [3.63, 3.8) is 0 Å². The molecule has 2 saturated heterocycles. The van der Waals surface area contributed by atoms with Gasteiger partial charge in [-0.2, -0.15) is 4.39 Å². The zero-order valence-electron chi connectivity index (χ0n) is 11.2. The lowest BCUT2D eigenvalue weighted by molar-refractivity contribution is -0.387. The summed E-state index contributed by atoms with van der Waals surface area (Å²) >= 11 is 0. The zero-order chi connectivity index (χ0) is 14.1. The Morgan fingerprint density at radius 3 is 3.10 bits per heavy atom. The van der Waals surface area contributed by atoms with Crippen LogP contribution in [0.3, 0.4) is 0 Å². The van der Waals surface area contributed by atoms with Crippen molar-refractivity contribution >= 4 is 5.69 Å². The summed E-state index contributed by atoms with van der Waals surface area (Å²) in [5.74, 6) is -0.0592. The van der Waals surface area contributed by atoms with E-state index in [4.69, 9.17) is 0 Å². The van der Waals surface area contributed by atoms with Crippen LogP contribution in [0.5, 0.6) is 0 Å². The van der Waals surface area contributed by atoms with Gasteiger partial charge >= 0.3 is 5.69 Å². The van der Waals surface area contributed by atoms with E-state index in [-0.39, 0.29) is 0 Å². The van der Waals surface area contributed by atoms with Crippen molar-refractivity contribution in [2.45, 2.75) is 25.4 Å². The summed E-state index contributed by atoms with van der Waals surface area (Å²) in [5, 5.41) is 14.2. The number of nitrogens with one attached hydrogen (secondary N) is 1. The van der Waals surface area contributed by atoms with Gasteiger partial charge in [0.15, 0.2) is 0 Å². The first-order valence-electron chi connectivity index (χ1n) is 7.03. The molecule has 0 aromatic heterocycles. The number of nitro groups is 1. The number of likely N-dealkylation sites (tertiary alicyclic amines) is 1. The number of fused-ring (bicyclic) bond motifs is 1. The van der Waals surface area contributed by atoms with Crippen molar-refractivity contribution in [3.8, 4) is 0 Å². The van der Waals surface area contributed by atoms with Gasteiger partial charge in [0.1, 0.15) is 0 Å². The number of nitrogens with zero attached hydrogens (tertiary/aromatic N) is 2. The van der Waals surface area contributed by atoms with E-state index < -0.39 is 16.4 Å². The Labute approximate surface area is 116 Å². The summed E-state index contributed by atoms with van der Waals surface area (Å²) < 4.78 is 14.1. The summed E-state index contributed by atoms with van der Waals surface area (Å²) in [6.45, 7) is 3.35. The molecule has 108 valence electrons. The molecule has 1 aromatic carbocycles. The van der Waals surface area contributed by atoms with Crippen molar-refractivity contribution in [2.24, 2.45) is 5.92 Å². The number of benzene rings is 1. The van der Waals surface area contributed by atoms with Crippen LogP contribution in [0.1, 0.15) is 18.4 Å². The number of hydrogen-bond donors (Lipinski definition) is 1. The van der Waals surface area contributed by atoms with Crippen LogP contribution < -0.4 is 5.32 Å². The summed E-state index contributed by atoms with van der Waals surface area (Å²) in [4.78, 5) is 12.4. The van der Waals surface area contributed by atoms with Crippen molar-refractivity contribution in [2.75, 3.05) is 19.6 Å². The highest BCUT2D eigenvalue weighted by molar-refractivity contribution is 5.36. The lowest BCUT2D eigenvalue weighted by atomic mass is 9.91. The minimum atomic E-state index is -0.689. The zero-order valence-corrected chi connectivity index (χ0v) is 11.2. The van der Waals surface area contributed by atoms with Gasteiger partial charge in [-0.05, 0) is 31.8 Å². The van der Waals surface area contributed by atoms with Crippen LogP contribution >= 0.6 is 0 Å². The van der Waals surface area contributed by atoms with Gasteiger partial charge in [0.05, 0.1) is 4.92 Å². The predicted octanol–water partition coefficient (Wildman–Crippen LogP) is 1.92. The fourth-order valence-electron chi connectivity index (χ4n) is 3.41. The Balaban J connectivity index is 1.80. The summed E-state index contributed by atoms with van der Waals surface area (Å²) in [6.07, 6.45) is 2.32. The molecule has 0 bridgehead atoms. The van der Waals surface area contributed by atoms with Crippen molar-refractivity contribution in [1.29, 1.82) is 0 Å². The maximum absolute atomic E-state index is 14.1.